The molecule has 0 aliphatic carbocycles. The lowest BCUT2D eigenvalue weighted by Crippen LogP contribution is -2.45. The monoisotopic (exact) mass is 313 g/mol. The number of nitrogens with zero attached hydrogens (tertiary/aromatic N) is 2. The topological polar surface area (TPSA) is 35.6 Å². The summed E-state index contributed by atoms with van der Waals surface area (Å²) in [6.07, 6.45) is 3.86. The van der Waals surface area contributed by atoms with E-state index in [4.69, 9.17) is 0 Å². The van der Waals surface area contributed by atoms with Gasteiger partial charge in [-0.25, -0.2) is 0 Å². The standard InChI is InChI=1S/C13H27N3O.2ClH/c1-4-16-10-7-12(8-11-16)15(3)13(17)6-5-9-14-2;;/h12,14H,4-11H2,1-3H3;2*1H. The van der Waals surface area contributed by atoms with Crippen LogP contribution in [0.25, 0.3) is 0 Å². The summed E-state index contributed by atoms with van der Waals surface area (Å²) in [4.78, 5) is 16.4. The van der Waals surface area contributed by atoms with Crippen molar-refractivity contribution in [3.8, 4) is 0 Å². The minimum Gasteiger partial charge on any atom is -0.343 e. The van der Waals surface area contributed by atoms with Gasteiger partial charge in [0.2, 0.25) is 5.91 Å². The molecular formula is C13H29Cl2N3O. The summed E-state index contributed by atoms with van der Waals surface area (Å²) >= 11 is 0. The lowest BCUT2D eigenvalue weighted by molar-refractivity contribution is -0.132. The number of likely N-dealkylation sites (tertiary alicyclic amines) is 1. The van der Waals surface area contributed by atoms with Crippen LogP contribution in [0.1, 0.15) is 32.6 Å². The molecule has 1 N–H and O–H groups in total. The van der Waals surface area contributed by atoms with Crippen molar-refractivity contribution >= 4 is 30.7 Å². The van der Waals surface area contributed by atoms with Crippen molar-refractivity contribution in [2.75, 3.05) is 40.3 Å². The lowest BCUT2D eigenvalue weighted by Gasteiger charge is -2.36. The van der Waals surface area contributed by atoms with E-state index < -0.39 is 0 Å². The van der Waals surface area contributed by atoms with E-state index in [0.29, 0.717) is 18.4 Å². The summed E-state index contributed by atoms with van der Waals surface area (Å²) in [5, 5.41) is 3.08. The van der Waals surface area contributed by atoms with Gasteiger partial charge < -0.3 is 15.1 Å². The molecule has 0 radical (unpaired) electrons. The Labute approximate surface area is 130 Å². The van der Waals surface area contributed by atoms with Crippen molar-refractivity contribution in [2.45, 2.75) is 38.6 Å². The van der Waals surface area contributed by atoms with E-state index in [0.717, 1.165) is 45.4 Å². The SMILES string of the molecule is CCN1CCC(N(C)C(=O)CCCNC)CC1.Cl.Cl. The van der Waals surface area contributed by atoms with Crippen LogP contribution in [0.2, 0.25) is 0 Å². The van der Waals surface area contributed by atoms with Gasteiger partial charge >= 0.3 is 0 Å². The van der Waals surface area contributed by atoms with Crippen LogP contribution in [0.4, 0.5) is 0 Å². The first-order valence-corrected chi connectivity index (χ1v) is 6.81. The molecule has 1 rings (SSSR count). The summed E-state index contributed by atoms with van der Waals surface area (Å²) in [5.74, 6) is 0.301. The Morgan fingerprint density at radius 3 is 2.37 bits per heavy atom. The molecule has 1 aliphatic rings. The first-order chi connectivity index (χ1) is 8.19. The van der Waals surface area contributed by atoms with Gasteiger partial charge in [0.05, 0.1) is 0 Å². The van der Waals surface area contributed by atoms with E-state index in [-0.39, 0.29) is 24.8 Å². The maximum Gasteiger partial charge on any atom is 0.222 e. The minimum atomic E-state index is 0. The molecule has 1 amide bonds. The van der Waals surface area contributed by atoms with E-state index in [2.05, 4.69) is 17.1 Å². The summed E-state index contributed by atoms with van der Waals surface area (Å²) in [7, 11) is 3.89. The maximum absolute atomic E-state index is 12.0. The molecule has 0 spiro atoms. The molecule has 1 fully saturated rings. The van der Waals surface area contributed by atoms with Crippen molar-refractivity contribution in [1.82, 2.24) is 15.1 Å². The van der Waals surface area contributed by atoms with Crippen LogP contribution in [-0.4, -0.2) is 62.0 Å². The molecule has 1 aliphatic heterocycles. The zero-order valence-electron chi connectivity index (χ0n) is 12.4. The van der Waals surface area contributed by atoms with Crippen LogP contribution < -0.4 is 5.32 Å². The summed E-state index contributed by atoms with van der Waals surface area (Å²) in [5.41, 5.74) is 0. The third-order valence-corrected chi connectivity index (χ3v) is 3.76. The number of amides is 1. The van der Waals surface area contributed by atoms with Crippen LogP contribution in [0.3, 0.4) is 0 Å². The van der Waals surface area contributed by atoms with E-state index in [1.807, 2.05) is 19.0 Å². The van der Waals surface area contributed by atoms with E-state index in [1.54, 1.807) is 0 Å². The Morgan fingerprint density at radius 1 is 1.32 bits per heavy atom. The van der Waals surface area contributed by atoms with Gasteiger partial charge in [-0.3, -0.25) is 4.79 Å². The van der Waals surface area contributed by atoms with Crippen LogP contribution in [0.15, 0.2) is 0 Å². The van der Waals surface area contributed by atoms with E-state index in [9.17, 15) is 4.79 Å². The predicted octanol–water partition coefficient (Wildman–Crippen LogP) is 1.77. The third-order valence-electron chi connectivity index (χ3n) is 3.76. The molecule has 19 heavy (non-hydrogen) atoms. The predicted molar refractivity (Wildman–Crippen MR) is 85.6 cm³/mol. The summed E-state index contributed by atoms with van der Waals surface area (Å²) < 4.78 is 0. The molecule has 116 valence electrons. The van der Waals surface area contributed by atoms with E-state index in [1.165, 1.54) is 0 Å². The number of nitrogens with one attached hydrogen (secondary N) is 1. The molecule has 6 heteroatoms. The largest absolute Gasteiger partial charge is 0.343 e. The number of piperidine rings is 1. The number of halogens is 2. The highest BCUT2D eigenvalue weighted by Crippen LogP contribution is 2.16. The van der Waals surface area contributed by atoms with Gasteiger partial charge in [0.25, 0.3) is 0 Å². The van der Waals surface area contributed by atoms with Crippen LogP contribution in [-0.2, 0) is 4.79 Å². The molecule has 1 saturated heterocycles. The summed E-state index contributed by atoms with van der Waals surface area (Å²) in [6, 6.07) is 0.458. The van der Waals surface area contributed by atoms with Gasteiger partial charge in [0.1, 0.15) is 0 Å². The molecule has 0 atom stereocenters. The Morgan fingerprint density at radius 2 is 1.89 bits per heavy atom. The molecule has 4 nitrogen and oxygen atoms in total. The quantitative estimate of drug-likeness (QED) is 0.759. The Kier molecular flexibility index (Phi) is 13.2. The van der Waals surface area contributed by atoms with E-state index >= 15 is 0 Å². The second-order valence-corrected chi connectivity index (χ2v) is 4.88. The second kappa shape index (κ2) is 11.8. The molecule has 0 bridgehead atoms. The number of rotatable bonds is 6. The molecule has 1 heterocycles. The molecule has 0 saturated carbocycles. The van der Waals surface area contributed by atoms with Gasteiger partial charge in [-0.2, -0.15) is 0 Å². The van der Waals surface area contributed by atoms with Gasteiger partial charge in [-0.1, -0.05) is 6.92 Å². The van der Waals surface area contributed by atoms with Gasteiger partial charge in [0, 0.05) is 32.6 Å². The van der Waals surface area contributed by atoms with Crippen molar-refractivity contribution in [1.29, 1.82) is 0 Å². The van der Waals surface area contributed by atoms with Gasteiger partial charge in [-0.05, 0) is 39.4 Å². The van der Waals surface area contributed by atoms with Crippen LogP contribution in [0, 0.1) is 0 Å². The number of carbonyl (C=O) groups excluding carboxylic acids is 1. The average molecular weight is 314 g/mol. The van der Waals surface area contributed by atoms with Gasteiger partial charge in [-0.15, -0.1) is 24.8 Å². The van der Waals surface area contributed by atoms with Crippen molar-refractivity contribution in [2.24, 2.45) is 0 Å². The third kappa shape index (κ3) is 7.35. The Bertz CT molecular complexity index is 234. The van der Waals surface area contributed by atoms with Gasteiger partial charge in [0.15, 0.2) is 0 Å². The first kappa shape index (κ1) is 21.3. The zero-order chi connectivity index (χ0) is 12.7. The smallest absolute Gasteiger partial charge is 0.222 e. The Hall–Kier alpha value is -0.0300. The molecule has 0 unspecified atom stereocenters. The molecule has 0 aromatic carbocycles. The number of carbonyl (C=O) groups is 1. The van der Waals surface area contributed by atoms with Crippen LogP contribution in [0.5, 0.6) is 0 Å². The molecular weight excluding hydrogens is 285 g/mol. The van der Waals surface area contributed by atoms with Crippen LogP contribution >= 0.6 is 24.8 Å². The zero-order valence-corrected chi connectivity index (χ0v) is 14.0. The first-order valence-electron chi connectivity index (χ1n) is 6.81. The fourth-order valence-electron chi connectivity index (χ4n) is 2.42. The summed E-state index contributed by atoms with van der Waals surface area (Å²) in [6.45, 7) is 6.53. The fraction of sp³-hybridized carbons (Fsp3) is 0.923. The van der Waals surface area contributed by atoms with Crippen molar-refractivity contribution in [3.63, 3.8) is 0 Å². The maximum atomic E-state index is 12.0. The highest BCUT2D eigenvalue weighted by molar-refractivity contribution is 5.85. The second-order valence-electron chi connectivity index (χ2n) is 4.88. The minimum absolute atomic E-state index is 0. The highest BCUT2D eigenvalue weighted by atomic mass is 35.5. The average Bonchev–Trinajstić information content (AvgIpc) is 2.38. The lowest BCUT2D eigenvalue weighted by atomic mass is 10.0. The number of hydrogen-bond acceptors (Lipinski definition) is 3. The fourth-order valence-corrected chi connectivity index (χ4v) is 2.42. The Balaban J connectivity index is 0. The highest BCUT2D eigenvalue weighted by Gasteiger charge is 2.24. The van der Waals surface area contributed by atoms with Crippen molar-refractivity contribution < 1.29 is 4.79 Å². The molecule has 0 aromatic heterocycles. The number of hydrogen-bond donors (Lipinski definition) is 1. The molecule has 0 aromatic rings. The normalized spacial score (nSPS) is 16.4. The van der Waals surface area contributed by atoms with Crippen molar-refractivity contribution in [3.05, 3.63) is 0 Å².